The molecule has 4 rings (SSSR count). The van der Waals surface area contributed by atoms with Crippen molar-refractivity contribution in [3.8, 4) is 0 Å². The first-order valence-corrected chi connectivity index (χ1v) is 18.5. The molecular formula is C39H58N6O5. The van der Waals surface area contributed by atoms with Gasteiger partial charge in [-0.2, -0.15) is 0 Å². The van der Waals surface area contributed by atoms with Crippen molar-refractivity contribution in [2.45, 2.75) is 119 Å². The van der Waals surface area contributed by atoms with E-state index in [1.165, 1.54) is 4.90 Å². The van der Waals surface area contributed by atoms with Crippen molar-refractivity contribution in [2.24, 2.45) is 23.1 Å². The summed E-state index contributed by atoms with van der Waals surface area (Å²) in [4.78, 5) is 58.1. The van der Waals surface area contributed by atoms with Gasteiger partial charge in [0.2, 0.25) is 17.4 Å². The van der Waals surface area contributed by atoms with Gasteiger partial charge in [-0.15, -0.1) is 0 Å². The number of rotatable bonds is 19. The Balaban J connectivity index is 1.58. The maximum atomic E-state index is 14.6. The summed E-state index contributed by atoms with van der Waals surface area (Å²) in [5.74, 6) is -2.13. The first kappa shape index (κ1) is 39.3. The van der Waals surface area contributed by atoms with Gasteiger partial charge >= 0.3 is 0 Å². The Morgan fingerprint density at radius 1 is 0.860 bits per heavy atom. The molecule has 0 spiro atoms. The summed E-state index contributed by atoms with van der Waals surface area (Å²) in [6, 6.07) is 13.8. The number of nitrogens with zero attached hydrogens (tertiary/aromatic N) is 1. The molecular weight excluding hydrogens is 632 g/mol. The lowest BCUT2D eigenvalue weighted by atomic mass is 9.75. The Labute approximate surface area is 297 Å². The SMILES string of the molecule is CN[C@@H](Cc1ccccc1)C(=O)N[C@@H](CCCCN)C(=O)N1CCC[C@H]1C(=O)C(O)(C(=O)[C@H](N)CC1CCCCC1)[C@@H](N)Cc1ccccc1. The molecule has 1 aliphatic carbocycles. The van der Waals surface area contributed by atoms with Crippen LogP contribution in [0.5, 0.6) is 0 Å². The number of amides is 2. The standard InChI is InChI=1S/C39H58N6O5/c1-43-32(25-28-16-7-3-8-17-28)37(48)44-31(20-11-12-22-40)38(49)45-23-13-21-33(45)36(47)39(50,34(42)26-29-18-9-4-10-19-29)35(46)30(41)24-27-14-5-2-6-15-27/h3-4,7-10,16-19,27,30-34,43,50H,2,5-6,11-15,20-26,40-42H2,1H3,(H,44,48)/t30-,31+,32+,33+,34+,39?/m1/s1. The lowest BCUT2D eigenvalue weighted by molar-refractivity contribution is -0.159. The number of likely N-dealkylation sites (N-methyl/N-ethyl adjacent to an activating group) is 1. The van der Waals surface area contributed by atoms with Crippen LogP contribution in [0.4, 0.5) is 0 Å². The third-order valence-electron chi connectivity index (χ3n) is 10.6. The number of nitrogens with two attached hydrogens (primary N) is 3. The highest BCUT2D eigenvalue weighted by molar-refractivity contribution is 6.15. The van der Waals surface area contributed by atoms with Gasteiger partial charge in [0.05, 0.1) is 24.2 Å². The molecule has 50 heavy (non-hydrogen) atoms. The average Bonchev–Trinajstić information content (AvgIpc) is 3.63. The van der Waals surface area contributed by atoms with Gasteiger partial charge in [0.15, 0.2) is 11.6 Å². The molecule has 0 radical (unpaired) electrons. The van der Waals surface area contributed by atoms with Gasteiger partial charge < -0.3 is 37.8 Å². The number of hydrogen-bond donors (Lipinski definition) is 6. The van der Waals surface area contributed by atoms with Crippen LogP contribution in [-0.4, -0.2) is 89.3 Å². The molecule has 2 aromatic carbocycles. The summed E-state index contributed by atoms with van der Waals surface area (Å²) >= 11 is 0. The quantitative estimate of drug-likeness (QED) is 0.0947. The minimum absolute atomic E-state index is 0.0657. The third kappa shape index (κ3) is 10.1. The van der Waals surface area contributed by atoms with Crippen LogP contribution in [0.1, 0.15) is 81.8 Å². The monoisotopic (exact) mass is 690 g/mol. The molecule has 1 aliphatic heterocycles. The van der Waals surface area contributed by atoms with E-state index in [9.17, 15) is 24.3 Å². The van der Waals surface area contributed by atoms with Crippen LogP contribution in [0.2, 0.25) is 0 Å². The maximum absolute atomic E-state index is 14.6. The predicted octanol–water partition coefficient (Wildman–Crippen LogP) is 2.16. The second-order valence-corrected chi connectivity index (χ2v) is 14.2. The zero-order valence-electron chi connectivity index (χ0n) is 29.6. The summed E-state index contributed by atoms with van der Waals surface area (Å²) in [5, 5.41) is 18.3. The van der Waals surface area contributed by atoms with E-state index in [0.717, 1.165) is 43.2 Å². The smallest absolute Gasteiger partial charge is 0.245 e. The van der Waals surface area contributed by atoms with Gasteiger partial charge in [-0.1, -0.05) is 92.8 Å². The van der Waals surface area contributed by atoms with Crippen molar-refractivity contribution in [1.29, 1.82) is 0 Å². The Kier molecular flexibility index (Phi) is 15.1. The number of Topliss-reactive ketones (excluding diaryl/α,β-unsaturated/α-hetero) is 2. The number of likely N-dealkylation sites (tertiary alicyclic amines) is 1. The summed E-state index contributed by atoms with van der Waals surface area (Å²) in [6.07, 6.45) is 8.34. The zero-order chi connectivity index (χ0) is 36.1. The Hall–Kier alpha value is -3.48. The molecule has 11 heteroatoms. The van der Waals surface area contributed by atoms with Gasteiger partial charge in [0, 0.05) is 6.54 Å². The number of carbonyl (C=O) groups excluding carboxylic acids is 4. The van der Waals surface area contributed by atoms with Crippen molar-refractivity contribution in [2.75, 3.05) is 20.1 Å². The van der Waals surface area contributed by atoms with E-state index in [1.807, 2.05) is 60.7 Å². The van der Waals surface area contributed by atoms with Crippen LogP contribution in [-0.2, 0) is 32.0 Å². The normalized spacial score (nSPS) is 20.3. The van der Waals surface area contributed by atoms with Gasteiger partial charge in [-0.05, 0) is 82.0 Å². The number of unbranched alkanes of at least 4 members (excludes halogenated alkanes) is 1. The van der Waals surface area contributed by atoms with Crippen LogP contribution < -0.4 is 27.8 Å². The molecule has 11 nitrogen and oxygen atoms in total. The topological polar surface area (TPSA) is 194 Å². The van der Waals surface area contributed by atoms with Crippen molar-refractivity contribution in [3.63, 3.8) is 0 Å². The van der Waals surface area contributed by atoms with Gasteiger partial charge in [0.25, 0.3) is 0 Å². The van der Waals surface area contributed by atoms with Gasteiger partial charge in [-0.3, -0.25) is 19.2 Å². The molecule has 0 bridgehead atoms. The fourth-order valence-electron chi connectivity index (χ4n) is 7.63. The van der Waals surface area contributed by atoms with Crippen LogP contribution >= 0.6 is 0 Å². The average molecular weight is 691 g/mol. The van der Waals surface area contributed by atoms with E-state index >= 15 is 0 Å². The number of carbonyl (C=O) groups is 4. The van der Waals surface area contributed by atoms with E-state index < -0.39 is 53.3 Å². The zero-order valence-corrected chi connectivity index (χ0v) is 29.6. The summed E-state index contributed by atoms with van der Waals surface area (Å²) in [5.41, 5.74) is 18.0. The molecule has 1 unspecified atom stereocenters. The van der Waals surface area contributed by atoms with E-state index in [4.69, 9.17) is 17.2 Å². The minimum Gasteiger partial charge on any atom is -0.373 e. The molecule has 2 aromatic rings. The van der Waals surface area contributed by atoms with E-state index in [0.29, 0.717) is 45.1 Å². The molecule has 1 heterocycles. The molecule has 2 fully saturated rings. The lowest BCUT2D eigenvalue weighted by Gasteiger charge is -2.38. The second-order valence-electron chi connectivity index (χ2n) is 14.2. The molecule has 6 atom stereocenters. The highest BCUT2D eigenvalue weighted by Crippen LogP contribution is 2.31. The Morgan fingerprint density at radius 2 is 1.48 bits per heavy atom. The number of ketones is 2. The molecule has 2 amide bonds. The summed E-state index contributed by atoms with van der Waals surface area (Å²) in [7, 11) is 1.70. The number of nitrogens with one attached hydrogen (secondary N) is 2. The molecule has 1 saturated carbocycles. The lowest BCUT2D eigenvalue weighted by Crippen LogP contribution is -2.68. The van der Waals surface area contributed by atoms with Crippen LogP contribution in [0, 0.1) is 5.92 Å². The fourth-order valence-corrected chi connectivity index (χ4v) is 7.63. The first-order chi connectivity index (χ1) is 24.1. The van der Waals surface area contributed by atoms with Gasteiger partial charge in [-0.25, -0.2) is 0 Å². The summed E-state index contributed by atoms with van der Waals surface area (Å²) < 4.78 is 0. The first-order valence-electron chi connectivity index (χ1n) is 18.5. The van der Waals surface area contributed by atoms with E-state index in [2.05, 4.69) is 10.6 Å². The third-order valence-corrected chi connectivity index (χ3v) is 10.6. The highest BCUT2D eigenvalue weighted by Gasteiger charge is 2.55. The number of hydrogen-bond acceptors (Lipinski definition) is 9. The number of benzene rings is 2. The van der Waals surface area contributed by atoms with Crippen LogP contribution in [0.3, 0.4) is 0 Å². The van der Waals surface area contributed by atoms with Crippen LogP contribution in [0.25, 0.3) is 0 Å². The van der Waals surface area contributed by atoms with Crippen molar-refractivity contribution < 1.29 is 24.3 Å². The Bertz CT molecular complexity index is 1390. The molecule has 1 saturated heterocycles. The molecule has 274 valence electrons. The number of aliphatic hydroxyl groups is 1. The van der Waals surface area contributed by atoms with E-state index in [-0.39, 0.29) is 31.2 Å². The van der Waals surface area contributed by atoms with Gasteiger partial charge in [0.1, 0.15) is 6.04 Å². The molecule has 2 aliphatic rings. The Morgan fingerprint density at radius 3 is 2.08 bits per heavy atom. The van der Waals surface area contributed by atoms with Crippen molar-refractivity contribution in [1.82, 2.24) is 15.5 Å². The molecule has 9 N–H and O–H groups in total. The summed E-state index contributed by atoms with van der Waals surface area (Å²) in [6.45, 7) is 0.673. The molecule has 0 aromatic heterocycles. The maximum Gasteiger partial charge on any atom is 0.245 e. The largest absolute Gasteiger partial charge is 0.373 e. The minimum atomic E-state index is -2.61. The highest BCUT2D eigenvalue weighted by atomic mass is 16.3. The van der Waals surface area contributed by atoms with Crippen molar-refractivity contribution in [3.05, 3.63) is 71.8 Å². The van der Waals surface area contributed by atoms with Crippen LogP contribution in [0.15, 0.2) is 60.7 Å². The van der Waals surface area contributed by atoms with Crippen molar-refractivity contribution >= 4 is 23.4 Å². The second kappa shape index (κ2) is 19.2. The van der Waals surface area contributed by atoms with E-state index in [1.54, 1.807) is 7.05 Å². The predicted molar refractivity (Wildman–Crippen MR) is 195 cm³/mol. The fraction of sp³-hybridized carbons (Fsp3) is 0.590.